The second-order valence-electron chi connectivity index (χ2n) is 6.58. The number of hydrogen-bond acceptors (Lipinski definition) is 4. The normalized spacial score (nSPS) is 13.0. The zero-order chi connectivity index (χ0) is 20.0. The molecule has 0 aliphatic heterocycles. The maximum absolute atomic E-state index is 12.6. The standard InChI is InChI=1S/C18H24F3N5O/c1-13-23-24-16(26(13)3)11-25(2)12-17(27)22-15(9-10-18(19,20)21)14-7-5-4-6-8-14/h4-8,15H,9-12H2,1-3H3,(H,22,27). The molecule has 2 rings (SSSR count). The minimum Gasteiger partial charge on any atom is -0.348 e. The fourth-order valence-corrected chi connectivity index (χ4v) is 2.69. The number of rotatable bonds is 8. The molecule has 148 valence electrons. The van der Waals surface area contributed by atoms with Crippen LogP contribution < -0.4 is 5.32 Å². The summed E-state index contributed by atoms with van der Waals surface area (Å²) < 4.78 is 39.7. The largest absolute Gasteiger partial charge is 0.389 e. The van der Waals surface area contributed by atoms with E-state index in [-0.39, 0.29) is 18.9 Å². The quantitative estimate of drug-likeness (QED) is 0.761. The predicted octanol–water partition coefficient (Wildman–Crippen LogP) is 2.76. The molecular formula is C18H24F3N5O. The van der Waals surface area contributed by atoms with E-state index in [0.717, 1.165) is 5.82 Å². The summed E-state index contributed by atoms with van der Waals surface area (Å²) in [6, 6.07) is 8.00. The van der Waals surface area contributed by atoms with Gasteiger partial charge < -0.3 is 9.88 Å². The highest BCUT2D eigenvalue weighted by Gasteiger charge is 2.29. The van der Waals surface area contributed by atoms with Crippen molar-refractivity contribution in [2.24, 2.45) is 7.05 Å². The van der Waals surface area contributed by atoms with Crippen molar-refractivity contribution in [3.63, 3.8) is 0 Å². The van der Waals surface area contributed by atoms with E-state index >= 15 is 0 Å². The molecule has 1 aromatic heterocycles. The minimum absolute atomic E-state index is 0.0429. The summed E-state index contributed by atoms with van der Waals surface area (Å²) in [5, 5.41) is 10.7. The van der Waals surface area contributed by atoms with E-state index in [2.05, 4.69) is 15.5 Å². The Hall–Kier alpha value is -2.42. The third-order valence-corrected chi connectivity index (χ3v) is 4.26. The summed E-state index contributed by atoms with van der Waals surface area (Å²) in [4.78, 5) is 14.1. The van der Waals surface area contributed by atoms with Gasteiger partial charge in [0.05, 0.1) is 19.1 Å². The number of carbonyl (C=O) groups is 1. The van der Waals surface area contributed by atoms with Gasteiger partial charge >= 0.3 is 6.18 Å². The highest BCUT2D eigenvalue weighted by molar-refractivity contribution is 5.78. The predicted molar refractivity (Wildman–Crippen MR) is 94.7 cm³/mol. The molecule has 0 spiro atoms. The Kier molecular flexibility index (Phi) is 6.95. The van der Waals surface area contributed by atoms with Crippen molar-refractivity contribution in [1.29, 1.82) is 0 Å². The Morgan fingerprint density at radius 1 is 1.26 bits per heavy atom. The van der Waals surface area contributed by atoms with E-state index in [1.807, 2.05) is 18.5 Å². The zero-order valence-electron chi connectivity index (χ0n) is 15.6. The fourth-order valence-electron chi connectivity index (χ4n) is 2.69. The van der Waals surface area contributed by atoms with Gasteiger partial charge in [-0.3, -0.25) is 9.69 Å². The van der Waals surface area contributed by atoms with Gasteiger partial charge in [-0.05, 0) is 26.0 Å². The average molecular weight is 383 g/mol. The van der Waals surface area contributed by atoms with Gasteiger partial charge in [-0.15, -0.1) is 10.2 Å². The fraction of sp³-hybridized carbons (Fsp3) is 0.500. The summed E-state index contributed by atoms with van der Waals surface area (Å²) in [5.74, 6) is 1.13. The highest BCUT2D eigenvalue weighted by atomic mass is 19.4. The highest BCUT2D eigenvalue weighted by Crippen LogP contribution is 2.27. The summed E-state index contributed by atoms with van der Waals surface area (Å²) in [6.45, 7) is 2.28. The number of aromatic nitrogens is 3. The van der Waals surface area contributed by atoms with Crippen LogP contribution in [0, 0.1) is 6.92 Å². The van der Waals surface area contributed by atoms with Crippen LogP contribution in [-0.2, 0) is 18.4 Å². The number of alkyl halides is 3. The third kappa shape index (κ3) is 6.67. The van der Waals surface area contributed by atoms with Crippen molar-refractivity contribution < 1.29 is 18.0 Å². The Labute approximate surface area is 156 Å². The van der Waals surface area contributed by atoms with Gasteiger partial charge in [-0.25, -0.2) is 0 Å². The number of amides is 1. The number of carbonyl (C=O) groups excluding carboxylic acids is 1. The molecule has 0 saturated heterocycles. The monoisotopic (exact) mass is 383 g/mol. The van der Waals surface area contributed by atoms with Gasteiger partial charge in [0.15, 0.2) is 0 Å². The number of nitrogens with one attached hydrogen (secondary N) is 1. The van der Waals surface area contributed by atoms with Crippen LogP contribution in [0.3, 0.4) is 0 Å². The lowest BCUT2D eigenvalue weighted by atomic mass is 10.0. The van der Waals surface area contributed by atoms with Crippen LogP contribution >= 0.6 is 0 Å². The van der Waals surface area contributed by atoms with Crippen LogP contribution in [0.15, 0.2) is 30.3 Å². The molecule has 0 radical (unpaired) electrons. The molecule has 0 fully saturated rings. The van der Waals surface area contributed by atoms with E-state index in [0.29, 0.717) is 17.9 Å². The van der Waals surface area contributed by atoms with Gasteiger partial charge in [0.25, 0.3) is 0 Å². The number of halogens is 3. The van der Waals surface area contributed by atoms with E-state index < -0.39 is 18.6 Å². The molecular weight excluding hydrogens is 359 g/mol. The van der Waals surface area contributed by atoms with Crippen LogP contribution in [0.1, 0.15) is 36.1 Å². The molecule has 0 aliphatic rings. The van der Waals surface area contributed by atoms with Crippen molar-refractivity contribution in [2.45, 2.75) is 38.5 Å². The molecule has 6 nitrogen and oxygen atoms in total. The van der Waals surface area contributed by atoms with Gasteiger partial charge in [0, 0.05) is 13.5 Å². The second-order valence-corrected chi connectivity index (χ2v) is 6.58. The Morgan fingerprint density at radius 2 is 1.93 bits per heavy atom. The van der Waals surface area contributed by atoms with Crippen LogP contribution in [-0.4, -0.2) is 45.3 Å². The molecule has 0 saturated carbocycles. The van der Waals surface area contributed by atoms with Gasteiger partial charge in [0.1, 0.15) is 11.6 Å². The van der Waals surface area contributed by atoms with Gasteiger partial charge in [-0.2, -0.15) is 13.2 Å². The zero-order valence-corrected chi connectivity index (χ0v) is 15.6. The van der Waals surface area contributed by atoms with Crippen molar-refractivity contribution in [3.8, 4) is 0 Å². The summed E-state index contributed by atoms with van der Waals surface area (Å²) in [7, 11) is 3.58. The molecule has 1 amide bonds. The Balaban J connectivity index is 1.96. The molecule has 1 heterocycles. The molecule has 9 heteroatoms. The molecule has 1 aromatic carbocycles. The SMILES string of the molecule is Cc1nnc(CN(C)CC(=O)NC(CCC(F)(F)F)c2ccccc2)n1C. The molecule has 0 bridgehead atoms. The number of nitrogens with zero attached hydrogens (tertiary/aromatic N) is 4. The van der Waals surface area contributed by atoms with Crippen LogP contribution in [0.5, 0.6) is 0 Å². The lowest BCUT2D eigenvalue weighted by molar-refractivity contribution is -0.138. The number of hydrogen-bond donors (Lipinski definition) is 1. The first-order chi connectivity index (χ1) is 12.7. The first-order valence-electron chi connectivity index (χ1n) is 8.60. The smallest absolute Gasteiger partial charge is 0.348 e. The maximum atomic E-state index is 12.6. The average Bonchev–Trinajstić information content (AvgIpc) is 2.90. The lowest BCUT2D eigenvalue weighted by Crippen LogP contribution is -2.37. The van der Waals surface area contributed by atoms with Gasteiger partial charge in [-0.1, -0.05) is 30.3 Å². The lowest BCUT2D eigenvalue weighted by Gasteiger charge is -2.22. The number of likely N-dealkylation sites (N-methyl/N-ethyl adjacent to an activating group) is 1. The summed E-state index contributed by atoms with van der Waals surface area (Å²) in [5.41, 5.74) is 0.654. The van der Waals surface area contributed by atoms with Crippen LogP contribution in [0.4, 0.5) is 13.2 Å². The first-order valence-corrected chi connectivity index (χ1v) is 8.60. The molecule has 1 atom stereocenters. The van der Waals surface area contributed by atoms with Crippen molar-refractivity contribution in [1.82, 2.24) is 25.0 Å². The molecule has 1 N–H and O–H groups in total. The molecule has 2 aromatic rings. The van der Waals surface area contributed by atoms with Crippen LogP contribution in [0.2, 0.25) is 0 Å². The Bertz CT molecular complexity index is 745. The second kappa shape index (κ2) is 8.98. The third-order valence-electron chi connectivity index (χ3n) is 4.26. The van der Waals surface area contributed by atoms with Crippen molar-refractivity contribution in [3.05, 3.63) is 47.5 Å². The number of benzene rings is 1. The van der Waals surface area contributed by atoms with E-state index in [4.69, 9.17) is 0 Å². The molecule has 27 heavy (non-hydrogen) atoms. The minimum atomic E-state index is -4.27. The van der Waals surface area contributed by atoms with Crippen LogP contribution in [0.25, 0.3) is 0 Å². The van der Waals surface area contributed by atoms with E-state index in [1.165, 1.54) is 0 Å². The molecule has 1 unspecified atom stereocenters. The first kappa shape index (κ1) is 20.9. The topological polar surface area (TPSA) is 63.1 Å². The summed E-state index contributed by atoms with van der Waals surface area (Å²) in [6.07, 6.45) is -5.43. The summed E-state index contributed by atoms with van der Waals surface area (Å²) >= 11 is 0. The maximum Gasteiger partial charge on any atom is 0.389 e. The molecule has 0 aliphatic carbocycles. The van der Waals surface area contributed by atoms with Crippen molar-refractivity contribution in [2.75, 3.05) is 13.6 Å². The van der Waals surface area contributed by atoms with E-state index in [9.17, 15) is 18.0 Å². The Morgan fingerprint density at radius 3 is 2.48 bits per heavy atom. The van der Waals surface area contributed by atoms with E-state index in [1.54, 1.807) is 42.3 Å². The number of aryl methyl sites for hydroxylation is 1. The van der Waals surface area contributed by atoms with Gasteiger partial charge in [0.2, 0.25) is 5.91 Å². The van der Waals surface area contributed by atoms with Crippen molar-refractivity contribution >= 4 is 5.91 Å².